The Morgan fingerprint density at radius 3 is 2.12 bits per heavy atom. The van der Waals surface area contributed by atoms with E-state index < -0.39 is 10.1 Å². The van der Waals surface area contributed by atoms with Crippen LogP contribution in [0.3, 0.4) is 0 Å². The normalized spacial score (nSPS) is 10.5. The van der Waals surface area contributed by atoms with E-state index in [1.165, 1.54) is 12.1 Å². The van der Waals surface area contributed by atoms with E-state index in [4.69, 9.17) is 10.3 Å². The molecule has 8 heteroatoms. The molecule has 2 rings (SSSR count). The molecular weight excluding hydrogens is 398 g/mol. The van der Waals surface area contributed by atoms with Crippen molar-refractivity contribution in [2.45, 2.75) is 18.2 Å². The van der Waals surface area contributed by atoms with Crippen molar-refractivity contribution in [1.29, 1.82) is 0 Å². The van der Waals surface area contributed by atoms with Gasteiger partial charge in [0, 0.05) is 4.47 Å². The second kappa shape index (κ2) is 9.53. The first-order chi connectivity index (χ1) is 11.2. The number of carbonyl (C=O) groups excluding carboxylic acids is 1. The number of aryl methyl sites for hydroxylation is 1. The minimum absolute atomic E-state index is 0.0602. The fourth-order valence-corrected chi connectivity index (χ4v) is 2.37. The van der Waals surface area contributed by atoms with Crippen LogP contribution in [0, 0.1) is 6.92 Å². The van der Waals surface area contributed by atoms with Gasteiger partial charge in [-0.1, -0.05) is 45.8 Å². The molecule has 2 aromatic carbocycles. The third kappa shape index (κ3) is 7.69. The molecule has 2 aromatic rings. The van der Waals surface area contributed by atoms with E-state index in [-0.39, 0.29) is 24.0 Å². The fourth-order valence-electron chi connectivity index (χ4n) is 1.62. The van der Waals surface area contributed by atoms with E-state index in [2.05, 4.69) is 20.7 Å². The van der Waals surface area contributed by atoms with Gasteiger partial charge in [0.15, 0.2) is 0 Å². The predicted molar refractivity (Wildman–Crippen MR) is 94.0 cm³/mol. The summed E-state index contributed by atoms with van der Waals surface area (Å²) >= 11 is 3.31. The largest absolute Gasteiger partial charge is 0.450 e. The van der Waals surface area contributed by atoms with Crippen LogP contribution in [0.15, 0.2) is 57.9 Å². The molecule has 0 aliphatic rings. The summed E-state index contributed by atoms with van der Waals surface area (Å²) in [5, 5.41) is 0. The number of carbonyl (C=O) groups is 1. The average molecular weight is 416 g/mol. The maximum Gasteiger partial charge on any atom is 0.311 e. The van der Waals surface area contributed by atoms with Crippen LogP contribution >= 0.6 is 15.9 Å². The molecule has 0 aromatic heterocycles. The molecule has 0 fully saturated rings. The van der Waals surface area contributed by atoms with Gasteiger partial charge in [0.25, 0.3) is 10.1 Å². The Labute approximate surface area is 149 Å². The third-order valence-corrected chi connectivity index (χ3v) is 4.22. The van der Waals surface area contributed by atoms with Crippen molar-refractivity contribution in [3.8, 4) is 0 Å². The molecular formula is C16H18BrNO5S. The standard InChI is InChI=1S/C9H10BrNO2.C7H8O3S/c10-8-3-1-7(2-4-8)5-9(12)13-6-11;1-6-2-4-7(5-3-6)11(8,9)10/h1-4H,5-6,11H2;2-5H,1H3,(H,8,9,10). The molecule has 3 N–H and O–H groups in total. The van der Waals surface area contributed by atoms with Gasteiger partial charge in [0.1, 0.15) is 6.73 Å². The first-order valence-corrected chi connectivity index (χ1v) is 9.10. The first-order valence-electron chi connectivity index (χ1n) is 6.86. The summed E-state index contributed by atoms with van der Waals surface area (Å²) in [6, 6.07) is 13.5. The SMILES string of the molecule is Cc1ccc(S(=O)(=O)O)cc1.NCOC(=O)Cc1ccc(Br)cc1. The molecule has 6 nitrogen and oxygen atoms in total. The topological polar surface area (TPSA) is 107 Å². The van der Waals surface area contributed by atoms with Crippen LogP contribution < -0.4 is 5.73 Å². The lowest BCUT2D eigenvalue weighted by atomic mass is 10.2. The summed E-state index contributed by atoms with van der Waals surface area (Å²) in [6.07, 6.45) is 0.268. The molecule has 130 valence electrons. The van der Waals surface area contributed by atoms with E-state index in [0.29, 0.717) is 0 Å². The number of benzene rings is 2. The van der Waals surface area contributed by atoms with Crippen molar-refractivity contribution in [2.24, 2.45) is 5.73 Å². The summed E-state index contributed by atoms with van der Waals surface area (Å²) in [5.74, 6) is -0.301. The Hall–Kier alpha value is -1.74. The molecule has 0 radical (unpaired) electrons. The highest BCUT2D eigenvalue weighted by molar-refractivity contribution is 9.10. The van der Waals surface area contributed by atoms with Gasteiger partial charge in [-0.2, -0.15) is 8.42 Å². The van der Waals surface area contributed by atoms with Gasteiger partial charge in [-0.3, -0.25) is 15.1 Å². The lowest BCUT2D eigenvalue weighted by Gasteiger charge is -2.01. The maximum absolute atomic E-state index is 11.0. The summed E-state index contributed by atoms with van der Waals surface area (Å²) in [5.41, 5.74) is 6.93. The van der Waals surface area contributed by atoms with Crippen LogP contribution in [0.4, 0.5) is 0 Å². The molecule has 0 aliphatic carbocycles. The Kier molecular flexibility index (Phi) is 8.06. The first kappa shape index (κ1) is 20.3. The zero-order valence-corrected chi connectivity index (χ0v) is 15.4. The van der Waals surface area contributed by atoms with E-state index >= 15 is 0 Å². The van der Waals surface area contributed by atoms with Crippen LogP contribution in [0.2, 0.25) is 0 Å². The van der Waals surface area contributed by atoms with Crippen molar-refractivity contribution in [1.82, 2.24) is 0 Å². The minimum Gasteiger partial charge on any atom is -0.450 e. The van der Waals surface area contributed by atoms with Gasteiger partial charge in [-0.25, -0.2) is 0 Å². The summed E-state index contributed by atoms with van der Waals surface area (Å²) in [7, 11) is -4.02. The molecule has 0 amide bonds. The van der Waals surface area contributed by atoms with E-state index in [1.54, 1.807) is 12.1 Å². The van der Waals surface area contributed by atoms with E-state index in [0.717, 1.165) is 15.6 Å². The van der Waals surface area contributed by atoms with Crippen molar-refractivity contribution in [3.05, 3.63) is 64.1 Å². The number of nitrogens with two attached hydrogens (primary N) is 1. The van der Waals surface area contributed by atoms with Crippen LogP contribution in [0.5, 0.6) is 0 Å². The van der Waals surface area contributed by atoms with Crippen LogP contribution in [0.1, 0.15) is 11.1 Å². The number of halogens is 1. The number of hydrogen-bond donors (Lipinski definition) is 2. The Bertz CT molecular complexity index is 758. The van der Waals surface area contributed by atoms with Gasteiger partial charge in [0.2, 0.25) is 0 Å². The molecule has 0 bridgehead atoms. The van der Waals surface area contributed by atoms with Gasteiger partial charge in [-0.05, 0) is 36.8 Å². The van der Waals surface area contributed by atoms with Gasteiger partial charge in [-0.15, -0.1) is 0 Å². The molecule has 0 atom stereocenters. The highest BCUT2D eigenvalue weighted by Crippen LogP contribution is 2.11. The molecule has 0 spiro atoms. The Morgan fingerprint density at radius 1 is 1.12 bits per heavy atom. The molecule has 24 heavy (non-hydrogen) atoms. The highest BCUT2D eigenvalue weighted by atomic mass is 79.9. The smallest absolute Gasteiger partial charge is 0.311 e. The van der Waals surface area contributed by atoms with E-state index in [9.17, 15) is 13.2 Å². The highest BCUT2D eigenvalue weighted by Gasteiger charge is 2.06. The lowest BCUT2D eigenvalue weighted by molar-refractivity contribution is -0.142. The van der Waals surface area contributed by atoms with Crippen molar-refractivity contribution in [2.75, 3.05) is 6.73 Å². The zero-order chi connectivity index (χ0) is 18.2. The number of hydrogen-bond acceptors (Lipinski definition) is 5. The van der Waals surface area contributed by atoms with E-state index in [1.807, 2.05) is 31.2 Å². The number of rotatable bonds is 4. The third-order valence-electron chi connectivity index (χ3n) is 2.82. The van der Waals surface area contributed by atoms with Gasteiger partial charge >= 0.3 is 5.97 Å². The second-order valence-electron chi connectivity index (χ2n) is 4.77. The molecule has 0 heterocycles. The Morgan fingerprint density at radius 2 is 1.67 bits per heavy atom. The van der Waals surface area contributed by atoms with Crippen LogP contribution in [0.25, 0.3) is 0 Å². The molecule has 0 saturated heterocycles. The monoisotopic (exact) mass is 415 g/mol. The number of esters is 1. The van der Waals surface area contributed by atoms with Crippen LogP contribution in [-0.4, -0.2) is 25.7 Å². The molecule has 0 aliphatic heterocycles. The maximum atomic E-state index is 11.0. The summed E-state index contributed by atoms with van der Waals surface area (Å²) in [4.78, 5) is 10.9. The minimum atomic E-state index is -4.02. The zero-order valence-electron chi connectivity index (χ0n) is 13.0. The van der Waals surface area contributed by atoms with Crippen molar-refractivity contribution < 1.29 is 22.5 Å². The van der Waals surface area contributed by atoms with Crippen LogP contribution in [-0.2, 0) is 26.1 Å². The molecule has 0 saturated carbocycles. The van der Waals surface area contributed by atoms with Crippen molar-refractivity contribution in [3.63, 3.8) is 0 Å². The summed E-state index contributed by atoms with van der Waals surface area (Å²) in [6.45, 7) is 1.78. The quantitative estimate of drug-likeness (QED) is 0.451. The lowest BCUT2D eigenvalue weighted by Crippen LogP contribution is -2.13. The predicted octanol–water partition coefficient (Wildman–Crippen LogP) is 2.69. The Balaban J connectivity index is 0.000000243. The number of ether oxygens (including phenoxy) is 1. The second-order valence-corrected chi connectivity index (χ2v) is 7.11. The summed E-state index contributed by atoms with van der Waals surface area (Å²) < 4.78 is 35.1. The fraction of sp³-hybridized carbons (Fsp3) is 0.188. The average Bonchev–Trinajstić information content (AvgIpc) is 2.50. The molecule has 0 unspecified atom stereocenters. The van der Waals surface area contributed by atoms with Gasteiger partial charge in [0.05, 0.1) is 11.3 Å². The van der Waals surface area contributed by atoms with Crippen molar-refractivity contribution >= 4 is 32.0 Å². The van der Waals surface area contributed by atoms with Gasteiger partial charge < -0.3 is 4.74 Å².